The number of fused-ring (bicyclic) bond motifs is 3. The summed E-state index contributed by atoms with van der Waals surface area (Å²) in [6, 6.07) is 26.8. The summed E-state index contributed by atoms with van der Waals surface area (Å²) in [7, 11) is 0. The zero-order valence-corrected chi connectivity index (χ0v) is 21.0. The average Bonchev–Trinajstić information content (AvgIpc) is 3.44. The molecule has 6 rings (SSSR count). The number of anilines is 2. The number of nitrogens with one attached hydrogen (secondary N) is 1. The van der Waals surface area contributed by atoms with Crippen molar-refractivity contribution in [2.75, 3.05) is 36.0 Å². The maximum atomic E-state index is 13.6. The molecule has 0 spiro atoms. The van der Waals surface area contributed by atoms with Gasteiger partial charge in [-0.15, -0.1) is 0 Å². The SMILES string of the molecule is O=C1CCC2(C(=O)NCc3ccccc3CN3CCN(c4ccccc4)CC3)Sc3ccccc3N12. The predicted molar refractivity (Wildman–Crippen MR) is 144 cm³/mol. The monoisotopic (exact) mass is 498 g/mol. The molecule has 1 unspecified atom stereocenters. The Balaban J connectivity index is 1.11. The number of rotatable bonds is 6. The first-order valence-corrected chi connectivity index (χ1v) is 13.4. The zero-order chi connectivity index (χ0) is 24.5. The second kappa shape index (κ2) is 9.64. The van der Waals surface area contributed by atoms with E-state index in [1.54, 1.807) is 4.90 Å². The fourth-order valence-electron chi connectivity index (χ4n) is 5.54. The van der Waals surface area contributed by atoms with E-state index in [1.165, 1.54) is 23.0 Å². The first-order chi connectivity index (χ1) is 17.6. The Morgan fingerprint density at radius 3 is 2.36 bits per heavy atom. The summed E-state index contributed by atoms with van der Waals surface area (Å²) in [4.78, 5) is 33.1. The van der Waals surface area contributed by atoms with E-state index in [0.29, 0.717) is 19.4 Å². The van der Waals surface area contributed by atoms with E-state index in [9.17, 15) is 9.59 Å². The van der Waals surface area contributed by atoms with E-state index >= 15 is 0 Å². The zero-order valence-electron chi connectivity index (χ0n) is 20.2. The third kappa shape index (κ3) is 4.16. The maximum Gasteiger partial charge on any atom is 0.257 e. The van der Waals surface area contributed by atoms with Crippen molar-refractivity contribution in [1.82, 2.24) is 10.2 Å². The van der Waals surface area contributed by atoms with Crippen molar-refractivity contribution in [3.63, 3.8) is 0 Å². The highest BCUT2D eigenvalue weighted by Gasteiger charge is 2.57. The van der Waals surface area contributed by atoms with Gasteiger partial charge in [0.2, 0.25) is 5.91 Å². The van der Waals surface area contributed by atoms with Gasteiger partial charge in [-0.25, -0.2) is 0 Å². The van der Waals surface area contributed by atoms with Crippen LogP contribution in [0.15, 0.2) is 83.8 Å². The van der Waals surface area contributed by atoms with E-state index in [4.69, 9.17) is 0 Å². The van der Waals surface area contributed by atoms with Gasteiger partial charge in [0.05, 0.1) is 5.69 Å². The minimum atomic E-state index is -0.872. The van der Waals surface area contributed by atoms with Gasteiger partial charge in [0, 0.05) is 56.3 Å². The van der Waals surface area contributed by atoms with Gasteiger partial charge in [0.1, 0.15) is 0 Å². The smallest absolute Gasteiger partial charge is 0.257 e. The Hall–Kier alpha value is -3.29. The van der Waals surface area contributed by atoms with Crippen LogP contribution >= 0.6 is 11.8 Å². The molecule has 3 aromatic rings. The second-order valence-corrected chi connectivity index (χ2v) is 11.0. The summed E-state index contributed by atoms with van der Waals surface area (Å²) in [5.74, 6) is -0.0570. The number of piperazine rings is 1. The Kier molecular flexibility index (Phi) is 6.19. The van der Waals surface area contributed by atoms with Crippen LogP contribution in [0.3, 0.4) is 0 Å². The van der Waals surface area contributed by atoms with E-state index in [2.05, 4.69) is 63.6 Å². The number of amides is 2. The van der Waals surface area contributed by atoms with Crippen molar-refractivity contribution in [1.29, 1.82) is 0 Å². The van der Waals surface area contributed by atoms with E-state index in [-0.39, 0.29) is 11.8 Å². The Labute approximate surface area is 216 Å². The molecule has 2 fully saturated rings. The highest BCUT2D eigenvalue weighted by molar-refractivity contribution is 8.02. The number of nitrogens with zero attached hydrogens (tertiary/aromatic N) is 3. The summed E-state index contributed by atoms with van der Waals surface area (Å²) in [6.45, 7) is 5.35. The van der Waals surface area contributed by atoms with Crippen molar-refractivity contribution in [3.05, 3.63) is 90.0 Å². The first kappa shape index (κ1) is 23.1. The van der Waals surface area contributed by atoms with Gasteiger partial charge in [-0.2, -0.15) is 0 Å². The fraction of sp³-hybridized carbons (Fsp3) is 0.310. The quantitative estimate of drug-likeness (QED) is 0.551. The van der Waals surface area contributed by atoms with Gasteiger partial charge in [0.15, 0.2) is 4.87 Å². The number of hydrogen-bond acceptors (Lipinski definition) is 5. The minimum Gasteiger partial charge on any atom is -0.369 e. The van der Waals surface area contributed by atoms with Crippen molar-refractivity contribution < 1.29 is 9.59 Å². The molecule has 2 saturated heterocycles. The Morgan fingerprint density at radius 1 is 0.861 bits per heavy atom. The van der Waals surface area contributed by atoms with Gasteiger partial charge in [-0.3, -0.25) is 19.4 Å². The lowest BCUT2D eigenvalue weighted by molar-refractivity contribution is -0.124. The molecular weight excluding hydrogens is 468 g/mol. The Morgan fingerprint density at radius 2 is 1.56 bits per heavy atom. The number of hydrogen-bond donors (Lipinski definition) is 1. The number of thioether (sulfide) groups is 1. The van der Waals surface area contributed by atoms with Crippen LogP contribution in [0.1, 0.15) is 24.0 Å². The number of carbonyl (C=O) groups is 2. The van der Waals surface area contributed by atoms with Crippen LogP contribution in [0, 0.1) is 0 Å². The molecule has 3 heterocycles. The molecular formula is C29H30N4O2S. The normalized spacial score (nSPS) is 21.4. The molecule has 3 aliphatic heterocycles. The number of para-hydroxylation sites is 2. The minimum absolute atomic E-state index is 0.0256. The lowest BCUT2D eigenvalue weighted by Gasteiger charge is -2.36. The summed E-state index contributed by atoms with van der Waals surface area (Å²) in [5.41, 5.74) is 4.51. The van der Waals surface area contributed by atoms with Gasteiger partial charge >= 0.3 is 0 Å². The van der Waals surface area contributed by atoms with Crippen molar-refractivity contribution in [3.8, 4) is 0 Å². The van der Waals surface area contributed by atoms with Gasteiger partial charge in [-0.05, 0) is 41.8 Å². The molecule has 0 bridgehead atoms. The van der Waals surface area contributed by atoms with Gasteiger partial charge in [-0.1, -0.05) is 66.4 Å². The second-order valence-electron chi connectivity index (χ2n) is 9.63. The van der Waals surface area contributed by atoms with Crippen LogP contribution in [-0.4, -0.2) is 47.8 Å². The maximum absolute atomic E-state index is 13.6. The highest BCUT2D eigenvalue weighted by Crippen LogP contribution is 2.55. The van der Waals surface area contributed by atoms with Crippen LogP contribution in [0.2, 0.25) is 0 Å². The van der Waals surface area contributed by atoms with Crippen molar-refractivity contribution in [2.45, 2.75) is 35.7 Å². The number of carbonyl (C=O) groups excluding carboxylic acids is 2. The lowest BCUT2D eigenvalue weighted by Crippen LogP contribution is -2.52. The topological polar surface area (TPSA) is 55.9 Å². The van der Waals surface area contributed by atoms with Crippen molar-refractivity contribution >= 4 is 35.0 Å². The summed E-state index contributed by atoms with van der Waals surface area (Å²) in [5, 5.41) is 3.18. The highest BCUT2D eigenvalue weighted by atomic mass is 32.2. The lowest BCUT2D eigenvalue weighted by atomic mass is 10.1. The summed E-state index contributed by atoms with van der Waals surface area (Å²) < 4.78 is 0. The third-order valence-corrected chi connectivity index (χ3v) is 8.95. The third-order valence-electron chi connectivity index (χ3n) is 7.47. The molecule has 0 radical (unpaired) electrons. The fourth-order valence-corrected chi connectivity index (χ4v) is 6.98. The predicted octanol–water partition coefficient (Wildman–Crippen LogP) is 4.25. The van der Waals surface area contributed by atoms with E-state index in [1.807, 2.05) is 30.3 Å². The summed E-state index contributed by atoms with van der Waals surface area (Å²) in [6.07, 6.45) is 0.935. The average molecular weight is 499 g/mol. The van der Waals surface area contributed by atoms with Crippen LogP contribution in [0.5, 0.6) is 0 Å². The summed E-state index contributed by atoms with van der Waals surface area (Å²) >= 11 is 1.51. The molecule has 1 atom stereocenters. The molecule has 1 N–H and O–H groups in total. The largest absolute Gasteiger partial charge is 0.369 e. The van der Waals surface area contributed by atoms with E-state index in [0.717, 1.165) is 48.9 Å². The molecule has 6 nitrogen and oxygen atoms in total. The van der Waals surface area contributed by atoms with Crippen LogP contribution in [0.4, 0.5) is 11.4 Å². The van der Waals surface area contributed by atoms with Gasteiger partial charge < -0.3 is 10.2 Å². The molecule has 7 heteroatoms. The van der Waals surface area contributed by atoms with Gasteiger partial charge in [0.25, 0.3) is 5.91 Å². The standard InChI is InChI=1S/C29H30N4O2S/c34-27-14-15-29(33(27)25-12-6-7-13-26(25)36-29)28(35)30-20-22-8-4-5-9-23(22)21-31-16-18-32(19-17-31)24-10-2-1-3-11-24/h1-13H,14-21H2,(H,30,35). The van der Waals surface area contributed by atoms with Crippen LogP contribution in [-0.2, 0) is 22.7 Å². The molecule has 36 heavy (non-hydrogen) atoms. The molecule has 3 aliphatic rings. The molecule has 0 aromatic heterocycles. The molecule has 3 aromatic carbocycles. The molecule has 184 valence electrons. The first-order valence-electron chi connectivity index (χ1n) is 12.6. The van der Waals surface area contributed by atoms with E-state index < -0.39 is 4.87 Å². The van der Waals surface area contributed by atoms with Crippen LogP contribution in [0.25, 0.3) is 0 Å². The molecule has 2 amide bonds. The van der Waals surface area contributed by atoms with Crippen molar-refractivity contribution in [2.24, 2.45) is 0 Å². The van der Waals surface area contributed by atoms with Crippen LogP contribution < -0.4 is 15.1 Å². The molecule has 0 aliphatic carbocycles. The molecule has 0 saturated carbocycles. The number of benzene rings is 3. The Bertz CT molecular complexity index is 1280.